The molecule has 1 amide bonds. The average Bonchev–Trinajstić information content (AvgIpc) is 3.27. The van der Waals surface area contributed by atoms with Gasteiger partial charge in [-0.05, 0) is 81.6 Å². The summed E-state index contributed by atoms with van der Waals surface area (Å²) in [7, 11) is 0. The van der Waals surface area contributed by atoms with Gasteiger partial charge < -0.3 is 10.2 Å². The Hall–Kier alpha value is -3.42. The highest BCUT2D eigenvalue weighted by Gasteiger charge is 2.19. The molecule has 0 bridgehead atoms. The van der Waals surface area contributed by atoms with Crippen LogP contribution in [0.2, 0.25) is 5.02 Å². The molecule has 5 rings (SSSR count). The highest BCUT2D eigenvalue weighted by molar-refractivity contribution is 6.30. The number of amides is 1. The number of piperazine rings is 1. The van der Waals surface area contributed by atoms with Gasteiger partial charge in [-0.2, -0.15) is 5.10 Å². The van der Waals surface area contributed by atoms with Crippen molar-refractivity contribution in [2.24, 2.45) is 0 Å². The molecular weight excluding hydrogens is 508 g/mol. The Morgan fingerprint density at radius 1 is 0.949 bits per heavy atom. The molecule has 0 aliphatic carbocycles. The Morgan fingerprint density at radius 2 is 1.69 bits per heavy atom. The van der Waals surface area contributed by atoms with E-state index in [-0.39, 0.29) is 5.91 Å². The third-order valence-corrected chi connectivity index (χ3v) is 7.93. The number of aromatic nitrogens is 3. The minimum Gasteiger partial charge on any atom is -0.369 e. The predicted octanol–water partition coefficient (Wildman–Crippen LogP) is 5.26. The number of aryl methyl sites for hydroxylation is 3. The minimum atomic E-state index is 0.0939. The van der Waals surface area contributed by atoms with Crippen LogP contribution in [0.5, 0.6) is 0 Å². The van der Waals surface area contributed by atoms with Crippen LogP contribution < -0.4 is 10.2 Å². The molecular formula is C31H37ClN6O. The second-order valence-electron chi connectivity index (χ2n) is 10.3. The van der Waals surface area contributed by atoms with Gasteiger partial charge in [-0.25, -0.2) is 9.67 Å². The van der Waals surface area contributed by atoms with E-state index in [4.69, 9.17) is 21.7 Å². The first-order valence-corrected chi connectivity index (χ1v) is 14.2. The van der Waals surface area contributed by atoms with E-state index < -0.39 is 0 Å². The van der Waals surface area contributed by atoms with Gasteiger partial charge in [0.2, 0.25) is 5.91 Å². The Bertz CT molecular complexity index is 1440. The highest BCUT2D eigenvalue weighted by Crippen LogP contribution is 2.28. The first-order valence-electron chi connectivity index (χ1n) is 13.8. The number of carbonyl (C=O) groups excluding carboxylic acids is 1. The van der Waals surface area contributed by atoms with Crippen LogP contribution in [-0.4, -0.2) is 64.8 Å². The third kappa shape index (κ3) is 6.26. The summed E-state index contributed by atoms with van der Waals surface area (Å²) >= 11 is 6.15. The number of nitrogens with zero attached hydrogens (tertiary/aromatic N) is 5. The fraction of sp³-hybridized carbons (Fsp3) is 0.387. The van der Waals surface area contributed by atoms with E-state index in [2.05, 4.69) is 28.1 Å². The summed E-state index contributed by atoms with van der Waals surface area (Å²) in [5.74, 6) is 0.0939. The number of hydrogen-bond acceptors (Lipinski definition) is 5. The van der Waals surface area contributed by atoms with Crippen molar-refractivity contribution in [1.29, 1.82) is 0 Å². The van der Waals surface area contributed by atoms with Crippen molar-refractivity contribution in [2.75, 3.05) is 44.2 Å². The lowest BCUT2D eigenvalue weighted by Gasteiger charge is -2.36. The number of rotatable bonds is 9. The molecule has 0 atom stereocenters. The first-order chi connectivity index (χ1) is 18.9. The van der Waals surface area contributed by atoms with Gasteiger partial charge in [-0.15, -0.1) is 0 Å². The van der Waals surface area contributed by atoms with Crippen molar-refractivity contribution in [3.05, 3.63) is 82.1 Å². The number of carbonyl (C=O) groups is 1. The van der Waals surface area contributed by atoms with Gasteiger partial charge in [0.15, 0.2) is 5.65 Å². The van der Waals surface area contributed by atoms with Gasteiger partial charge in [0.05, 0.1) is 11.4 Å². The lowest BCUT2D eigenvalue weighted by molar-refractivity contribution is -0.121. The fourth-order valence-electron chi connectivity index (χ4n) is 5.58. The molecule has 1 aliphatic heterocycles. The maximum absolute atomic E-state index is 12.7. The van der Waals surface area contributed by atoms with Gasteiger partial charge >= 0.3 is 0 Å². The van der Waals surface area contributed by atoms with E-state index in [1.54, 1.807) is 0 Å². The number of fused-ring (bicyclic) bond motifs is 1. The molecule has 0 spiro atoms. The number of pyridine rings is 1. The lowest BCUT2D eigenvalue weighted by Crippen LogP contribution is -2.47. The molecule has 1 aliphatic rings. The molecule has 2 aromatic heterocycles. The number of para-hydroxylation sites is 1. The maximum atomic E-state index is 12.7. The number of anilines is 1. The van der Waals surface area contributed by atoms with Crippen LogP contribution in [-0.2, 0) is 11.2 Å². The maximum Gasteiger partial charge on any atom is 0.220 e. The van der Waals surface area contributed by atoms with E-state index in [0.717, 1.165) is 77.8 Å². The Balaban J connectivity index is 1.09. The standard InChI is InChI=1S/C31H37ClN6O/c1-22-28(23(2)34-31-30(22)24(3)35-38(31)26-10-5-4-6-11-26)13-14-29(39)33-15-8-16-36-17-19-37(20-18-36)27-12-7-9-25(32)21-27/h4-7,9-12,21H,8,13-20H2,1-3H3,(H,33,39). The van der Waals surface area contributed by atoms with E-state index in [0.29, 0.717) is 19.4 Å². The smallest absolute Gasteiger partial charge is 0.220 e. The van der Waals surface area contributed by atoms with E-state index in [1.807, 2.05) is 67.1 Å². The summed E-state index contributed by atoms with van der Waals surface area (Å²) in [6.07, 6.45) is 2.08. The second-order valence-corrected chi connectivity index (χ2v) is 10.8. The zero-order valence-electron chi connectivity index (χ0n) is 23.1. The quantitative estimate of drug-likeness (QED) is 0.291. The van der Waals surface area contributed by atoms with Crippen LogP contribution in [0.15, 0.2) is 54.6 Å². The SMILES string of the molecule is Cc1nc2c(c(C)nn2-c2ccccc2)c(C)c1CCC(=O)NCCCN1CCN(c2cccc(Cl)c2)CC1. The van der Waals surface area contributed by atoms with Gasteiger partial charge in [0.1, 0.15) is 0 Å². The molecule has 1 saturated heterocycles. The summed E-state index contributed by atoms with van der Waals surface area (Å²) in [4.78, 5) is 22.4. The zero-order valence-corrected chi connectivity index (χ0v) is 23.8. The molecule has 39 heavy (non-hydrogen) atoms. The van der Waals surface area contributed by atoms with Crippen molar-refractivity contribution in [2.45, 2.75) is 40.0 Å². The van der Waals surface area contributed by atoms with Crippen molar-refractivity contribution >= 4 is 34.2 Å². The summed E-state index contributed by atoms with van der Waals surface area (Å²) in [6, 6.07) is 18.2. The number of benzene rings is 2. The highest BCUT2D eigenvalue weighted by atomic mass is 35.5. The van der Waals surface area contributed by atoms with Crippen molar-refractivity contribution in [3.8, 4) is 5.69 Å². The summed E-state index contributed by atoms with van der Waals surface area (Å²) in [6.45, 7) is 11.9. The zero-order chi connectivity index (χ0) is 27.4. The molecule has 0 unspecified atom stereocenters. The summed E-state index contributed by atoms with van der Waals surface area (Å²) in [5, 5.41) is 9.75. The van der Waals surface area contributed by atoms with Crippen molar-refractivity contribution < 1.29 is 4.79 Å². The van der Waals surface area contributed by atoms with Gasteiger partial charge in [-0.1, -0.05) is 35.9 Å². The molecule has 1 N–H and O–H groups in total. The van der Waals surface area contributed by atoms with Gasteiger partial charge in [0, 0.05) is 60.9 Å². The Morgan fingerprint density at radius 3 is 2.44 bits per heavy atom. The predicted molar refractivity (Wildman–Crippen MR) is 159 cm³/mol. The first kappa shape index (κ1) is 27.2. The molecule has 2 aromatic carbocycles. The number of halogens is 1. The molecule has 0 saturated carbocycles. The van der Waals surface area contributed by atoms with E-state index in [9.17, 15) is 4.79 Å². The normalized spacial score (nSPS) is 14.2. The average molecular weight is 545 g/mol. The van der Waals surface area contributed by atoms with Crippen molar-refractivity contribution in [1.82, 2.24) is 25.0 Å². The molecule has 4 aromatic rings. The van der Waals surface area contributed by atoms with Crippen molar-refractivity contribution in [3.63, 3.8) is 0 Å². The molecule has 8 heteroatoms. The molecule has 204 valence electrons. The molecule has 3 heterocycles. The second kappa shape index (κ2) is 12.2. The monoisotopic (exact) mass is 544 g/mol. The number of hydrogen-bond donors (Lipinski definition) is 1. The van der Waals surface area contributed by atoms with Crippen LogP contribution in [0.3, 0.4) is 0 Å². The largest absolute Gasteiger partial charge is 0.369 e. The lowest BCUT2D eigenvalue weighted by atomic mass is 9.99. The summed E-state index contributed by atoms with van der Waals surface area (Å²) in [5.41, 5.74) is 7.29. The van der Waals surface area contributed by atoms with Crippen LogP contribution in [0, 0.1) is 20.8 Å². The van der Waals surface area contributed by atoms with E-state index in [1.165, 1.54) is 11.3 Å². The van der Waals surface area contributed by atoms with E-state index >= 15 is 0 Å². The van der Waals surface area contributed by atoms with Crippen LogP contribution in [0.25, 0.3) is 16.7 Å². The third-order valence-electron chi connectivity index (χ3n) is 7.70. The Labute approximate surface area is 235 Å². The van der Waals surface area contributed by atoms with Gasteiger partial charge in [0.25, 0.3) is 0 Å². The van der Waals surface area contributed by atoms with Crippen LogP contribution in [0.4, 0.5) is 5.69 Å². The van der Waals surface area contributed by atoms with Crippen LogP contribution in [0.1, 0.15) is 35.4 Å². The Kier molecular flexibility index (Phi) is 8.48. The number of nitrogens with one attached hydrogen (secondary N) is 1. The molecule has 1 fully saturated rings. The van der Waals surface area contributed by atoms with Gasteiger partial charge in [-0.3, -0.25) is 9.69 Å². The molecule has 7 nitrogen and oxygen atoms in total. The summed E-state index contributed by atoms with van der Waals surface area (Å²) < 4.78 is 1.91. The molecule has 0 radical (unpaired) electrons. The topological polar surface area (TPSA) is 66.3 Å². The van der Waals surface area contributed by atoms with Crippen LogP contribution >= 0.6 is 11.6 Å². The fourth-order valence-corrected chi connectivity index (χ4v) is 5.77. The minimum absolute atomic E-state index is 0.0939.